The van der Waals surface area contributed by atoms with Gasteiger partial charge in [-0.2, -0.15) is 0 Å². The van der Waals surface area contributed by atoms with Crippen LogP contribution in [0.15, 0.2) is 42.5 Å². The highest BCUT2D eigenvalue weighted by Gasteiger charge is 2.01. The minimum Gasteiger partial charge on any atom is -0.497 e. The van der Waals surface area contributed by atoms with Crippen molar-refractivity contribution in [2.24, 2.45) is 0 Å². The molecule has 0 saturated carbocycles. The molecule has 0 aliphatic rings. The average molecular weight is 276 g/mol. The van der Waals surface area contributed by atoms with Crippen LogP contribution in [0.4, 0.5) is 0 Å². The lowest BCUT2D eigenvalue weighted by molar-refractivity contribution is -0.140. The number of hydrogen-bond donors (Lipinski definition) is 0. The lowest BCUT2D eigenvalue weighted by Gasteiger charge is -2.04. The van der Waals surface area contributed by atoms with Gasteiger partial charge in [-0.05, 0) is 24.6 Å². The highest BCUT2D eigenvalue weighted by Crippen LogP contribution is 2.12. The molecule has 0 heterocycles. The molecule has 0 atom stereocenters. The summed E-state index contributed by atoms with van der Waals surface area (Å²) in [6, 6.07) is 7.73. The monoisotopic (exact) mass is 276 g/mol. The molecule has 0 aromatic heterocycles. The van der Waals surface area contributed by atoms with Crippen molar-refractivity contribution in [2.45, 2.75) is 6.92 Å². The van der Waals surface area contributed by atoms with Crippen molar-refractivity contribution >= 4 is 12.0 Å². The Morgan fingerprint density at radius 1 is 1.25 bits per heavy atom. The first kappa shape index (κ1) is 16.0. The Hall–Kier alpha value is -2.07. The van der Waals surface area contributed by atoms with Crippen LogP contribution in [0.1, 0.15) is 12.5 Å². The van der Waals surface area contributed by atoms with E-state index in [0.717, 1.165) is 11.3 Å². The minimum absolute atomic E-state index is 0.238. The van der Waals surface area contributed by atoms with E-state index in [1.807, 2.05) is 36.4 Å². The quantitative estimate of drug-likeness (QED) is 0.416. The molecule has 0 amide bonds. The Bertz CT molecular complexity index is 460. The van der Waals surface area contributed by atoms with Crippen LogP contribution >= 0.6 is 0 Å². The molecule has 0 bridgehead atoms. The molecular formula is C16H20O4. The number of ether oxygens (including phenoxy) is 3. The van der Waals surface area contributed by atoms with Crippen molar-refractivity contribution in [3.63, 3.8) is 0 Å². The molecule has 1 aromatic rings. The van der Waals surface area contributed by atoms with Gasteiger partial charge in [0.1, 0.15) is 12.4 Å². The summed E-state index contributed by atoms with van der Waals surface area (Å²) in [5.74, 6) is 0.445. The van der Waals surface area contributed by atoms with E-state index in [1.165, 1.54) is 0 Å². The number of carbonyl (C=O) groups is 1. The second-order valence-corrected chi connectivity index (χ2v) is 4.17. The summed E-state index contributed by atoms with van der Waals surface area (Å²) in [5.41, 5.74) is 1.47. The van der Waals surface area contributed by atoms with Crippen molar-refractivity contribution in [3.8, 4) is 5.75 Å². The summed E-state index contributed by atoms with van der Waals surface area (Å²) in [5, 5.41) is 0. The van der Waals surface area contributed by atoms with Crippen LogP contribution in [0.25, 0.3) is 6.08 Å². The largest absolute Gasteiger partial charge is 0.497 e. The molecule has 0 spiro atoms. The number of hydrogen-bond acceptors (Lipinski definition) is 4. The fourth-order valence-corrected chi connectivity index (χ4v) is 1.37. The third kappa shape index (κ3) is 6.20. The summed E-state index contributed by atoms with van der Waals surface area (Å²) >= 11 is 0. The topological polar surface area (TPSA) is 44.8 Å². The highest BCUT2D eigenvalue weighted by atomic mass is 16.6. The van der Waals surface area contributed by atoms with Gasteiger partial charge in [-0.15, -0.1) is 0 Å². The molecule has 4 heteroatoms. The minimum atomic E-state index is -0.387. The Morgan fingerprint density at radius 2 is 1.95 bits per heavy atom. The van der Waals surface area contributed by atoms with E-state index in [-0.39, 0.29) is 12.6 Å². The number of rotatable bonds is 8. The fourth-order valence-electron chi connectivity index (χ4n) is 1.37. The van der Waals surface area contributed by atoms with Gasteiger partial charge in [-0.3, -0.25) is 0 Å². The van der Waals surface area contributed by atoms with Crippen LogP contribution in [0.2, 0.25) is 0 Å². The van der Waals surface area contributed by atoms with E-state index in [2.05, 4.69) is 6.58 Å². The zero-order chi connectivity index (χ0) is 14.8. The van der Waals surface area contributed by atoms with Gasteiger partial charge >= 0.3 is 5.97 Å². The van der Waals surface area contributed by atoms with Crippen LogP contribution in [0.5, 0.6) is 5.75 Å². The van der Waals surface area contributed by atoms with E-state index in [1.54, 1.807) is 14.0 Å². The molecule has 1 rings (SSSR count). The second kappa shape index (κ2) is 8.93. The number of benzene rings is 1. The Kier molecular flexibility index (Phi) is 7.14. The average Bonchev–Trinajstić information content (AvgIpc) is 2.46. The first-order valence-corrected chi connectivity index (χ1v) is 6.34. The van der Waals surface area contributed by atoms with E-state index in [0.29, 0.717) is 18.8 Å². The summed E-state index contributed by atoms with van der Waals surface area (Å²) in [7, 11) is 1.64. The first-order valence-electron chi connectivity index (χ1n) is 6.34. The van der Waals surface area contributed by atoms with Gasteiger partial charge < -0.3 is 14.2 Å². The van der Waals surface area contributed by atoms with Gasteiger partial charge in [0.25, 0.3) is 0 Å². The molecule has 0 radical (unpaired) electrons. The highest BCUT2D eigenvalue weighted by molar-refractivity contribution is 5.86. The molecule has 0 N–H and O–H groups in total. The molecule has 1 aromatic carbocycles. The van der Waals surface area contributed by atoms with Crippen molar-refractivity contribution in [1.82, 2.24) is 0 Å². The van der Waals surface area contributed by atoms with E-state index < -0.39 is 0 Å². The SMILES string of the molecule is C=C(C)C(=O)OCCOC/C=C/c1ccc(OC)cc1. The van der Waals surface area contributed by atoms with Crippen LogP contribution in [0, 0.1) is 0 Å². The maximum atomic E-state index is 11.1. The van der Waals surface area contributed by atoms with Crippen LogP contribution in [0.3, 0.4) is 0 Å². The number of esters is 1. The Balaban J connectivity index is 2.15. The summed E-state index contributed by atoms with van der Waals surface area (Å²) in [6.45, 7) is 6.18. The normalized spacial score (nSPS) is 10.5. The van der Waals surface area contributed by atoms with Gasteiger partial charge in [0.05, 0.1) is 20.3 Å². The lowest BCUT2D eigenvalue weighted by atomic mass is 10.2. The molecule has 0 fully saturated rings. The zero-order valence-corrected chi connectivity index (χ0v) is 11.9. The number of methoxy groups -OCH3 is 1. The summed E-state index contributed by atoms with van der Waals surface area (Å²) in [6.07, 6.45) is 3.86. The molecule has 0 unspecified atom stereocenters. The van der Waals surface area contributed by atoms with E-state index in [9.17, 15) is 4.79 Å². The first-order chi connectivity index (χ1) is 9.63. The molecule has 4 nitrogen and oxygen atoms in total. The summed E-state index contributed by atoms with van der Waals surface area (Å²) < 4.78 is 15.3. The second-order valence-electron chi connectivity index (χ2n) is 4.17. The molecule has 0 aliphatic heterocycles. The van der Waals surface area contributed by atoms with Gasteiger partial charge in [-0.25, -0.2) is 4.79 Å². The van der Waals surface area contributed by atoms with E-state index in [4.69, 9.17) is 14.2 Å². The summed E-state index contributed by atoms with van der Waals surface area (Å²) in [4.78, 5) is 11.1. The van der Waals surface area contributed by atoms with Crippen LogP contribution < -0.4 is 4.74 Å². The third-order valence-corrected chi connectivity index (χ3v) is 2.45. The van der Waals surface area contributed by atoms with Crippen molar-refractivity contribution < 1.29 is 19.0 Å². The smallest absolute Gasteiger partial charge is 0.333 e. The standard InChI is InChI=1S/C16H20O4/c1-13(2)16(17)20-12-11-19-10-4-5-14-6-8-15(18-3)9-7-14/h4-9H,1,10-12H2,2-3H3/b5-4+. The van der Waals surface area contributed by atoms with Crippen LogP contribution in [-0.4, -0.2) is 32.9 Å². The molecular weight excluding hydrogens is 256 g/mol. The van der Waals surface area contributed by atoms with Gasteiger partial charge in [0.2, 0.25) is 0 Å². The van der Waals surface area contributed by atoms with Gasteiger partial charge in [-0.1, -0.05) is 30.9 Å². The fraction of sp³-hybridized carbons (Fsp3) is 0.312. The third-order valence-electron chi connectivity index (χ3n) is 2.45. The Labute approximate surface area is 119 Å². The van der Waals surface area contributed by atoms with Crippen LogP contribution in [-0.2, 0) is 14.3 Å². The van der Waals surface area contributed by atoms with E-state index >= 15 is 0 Å². The maximum absolute atomic E-state index is 11.1. The van der Waals surface area contributed by atoms with Gasteiger partial charge in [0, 0.05) is 5.57 Å². The lowest BCUT2D eigenvalue weighted by Crippen LogP contribution is -2.10. The van der Waals surface area contributed by atoms with Gasteiger partial charge in [0.15, 0.2) is 0 Å². The van der Waals surface area contributed by atoms with Crippen molar-refractivity contribution in [3.05, 3.63) is 48.1 Å². The molecule has 0 aliphatic carbocycles. The van der Waals surface area contributed by atoms with Crippen molar-refractivity contribution in [1.29, 1.82) is 0 Å². The Morgan fingerprint density at radius 3 is 2.55 bits per heavy atom. The predicted octanol–water partition coefficient (Wildman–Crippen LogP) is 2.84. The zero-order valence-electron chi connectivity index (χ0n) is 11.9. The maximum Gasteiger partial charge on any atom is 0.333 e. The van der Waals surface area contributed by atoms with Crippen molar-refractivity contribution in [2.75, 3.05) is 26.9 Å². The molecule has 20 heavy (non-hydrogen) atoms. The molecule has 0 saturated heterocycles. The number of carbonyl (C=O) groups excluding carboxylic acids is 1. The predicted molar refractivity (Wildman–Crippen MR) is 78.6 cm³/mol. The molecule has 108 valence electrons.